The number of hydrogen-bond donors (Lipinski definition) is 1. The van der Waals surface area contributed by atoms with Crippen molar-refractivity contribution >= 4 is 26.8 Å². The summed E-state index contributed by atoms with van der Waals surface area (Å²) in [5, 5.41) is 1.06. The molecule has 0 aliphatic rings. The third-order valence-electron chi connectivity index (χ3n) is 3.80. The summed E-state index contributed by atoms with van der Waals surface area (Å²) in [6.07, 6.45) is 1.89. The van der Waals surface area contributed by atoms with Gasteiger partial charge < -0.3 is 9.72 Å². The molecule has 3 heteroatoms. The summed E-state index contributed by atoms with van der Waals surface area (Å²) in [5.41, 5.74) is 3.44. The number of nitrogens with one attached hydrogen (secondary N) is 1. The minimum atomic E-state index is 0.825. The summed E-state index contributed by atoms with van der Waals surface area (Å²) >= 11 is 3.50. The number of fused-ring (bicyclic) bond motifs is 1. The Morgan fingerprint density at radius 2 is 1.52 bits per heavy atom. The van der Waals surface area contributed by atoms with Crippen molar-refractivity contribution < 1.29 is 4.74 Å². The number of aromatic amines is 1. The average molecular weight is 364 g/mol. The molecular weight excluding hydrogens is 350 g/mol. The Bertz CT molecular complexity index is 942. The molecule has 0 aliphatic heterocycles. The molecule has 23 heavy (non-hydrogen) atoms. The highest BCUT2D eigenvalue weighted by molar-refractivity contribution is 9.10. The van der Waals surface area contributed by atoms with Gasteiger partial charge in [-0.25, -0.2) is 0 Å². The first-order valence-corrected chi connectivity index (χ1v) is 8.19. The molecule has 0 radical (unpaired) electrons. The predicted octanol–water partition coefficient (Wildman–Crippen LogP) is 6.39. The van der Waals surface area contributed by atoms with Gasteiger partial charge in [-0.05, 0) is 41.5 Å². The lowest BCUT2D eigenvalue weighted by Gasteiger charge is -2.06. The van der Waals surface area contributed by atoms with Crippen molar-refractivity contribution in [3.8, 4) is 22.6 Å². The molecule has 0 spiro atoms. The molecular formula is C20H14BrNO. The molecule has 0 bridgehead atoms. The van der Waals surface area contributed by atoms with Gasteiger partial charge in [-0.2, -0.15) is 0 Å². The van der Waals surface area contributed by atoms with Crippen LogP contribution >= 0.6 is 15.9 Å². The molecule has 0 amide bonds. The SMILES string of the molecule is Brc1ccc2[nH]cc(Oc3ccc(-c4ccccc4)cc3)c2c1. The fourth-order valence-electron chi connectivity index (χ4n) is 2.62. The fourth-order valence-corrected chi connectivity index (χ4v) is 2.99. The van der Waals surface area contributed by atoms with Gasteiger partial charge in [0, 0.05) is 21.6 Å². The number of benzene rings is 3. The van der Waals surface area contributed by atoms with Crippen LogP contribution in [0.1, 0.15) is 0 Å². The van der Waals surface area contributed by atoms with E-state index in [-0.39, 0.29) is 0 Å². The Hall–Kier alpha value is -2.52. The van der Waals surface area contributed by atoms with Crippen LogP contribution in [0.3, 0.4) is 0 Å². The van der Waals surface area contributed by atoms with Crippen LogP contribution in [0.4, 0.5) is 0 Å². The minimum Gasteiger partial charge on any atom is -0.455 e. The van der Waals surface area contributed by atoms with E-state index in [0.717, 1.165) is 26.9 Å². The van der Waals surface area contributed by atoms with Crippen LogP contribution in [0, 0.1) is 0 Å². The van der Waals surface area contributed by atoms with Crippen molar-refractivity contribution in [2.24, 2.45) is 0 Å². The van der Waals surface area contributed by atoms with E-state index < -0.39 is 0 Å². The lowest BCUT2D eigenvalue weighted by atomic mass is 10.1. The minimum absolute atomic E-state index is 0.825. The maximum atomic E-state index is 6.03. The zero-order valence-electron chi connectivity index (χ0n) is 12.3. The number of hydrogen-bond acceptors (Lipinski definition) is 1. The van der Waals surface area contributed by atoms with E-state index in [0.29, 0.717) is 0 Å². The normalized spacial score (nSPS) is 10.8. The lowest BCUT2D eigenvalue weighted by Crippen LogP contribution is -1.83. The smallest absolute Gasteiger partial charge is 0.152 e. The van der Waals surface area contributed by atoms with E-state index >= 15 is 0 Å². The van der Waals surface area contributed by atoms with Gasteiger partial charge in [0.2, 0.25) is 0 Å². The quantitative estimate of drug-likeness (QED) is 0.448. The Morgan fingerprint density at radius 3 is 2.30 bits per heavy atom. The van der Waals surface area contributed by atoms with Crippen molar-refractivity contribution in [1.82, 2.24) is 4.98 Å². The highest BCUT2D eigenvalue weighted by Gasteiger charge is 2.07. The van der Waals surface area contributed by atoms with Crippen LogP contribution in [-0.2, 0) is 0 Å². The van der Waals surface area contributed by atoms with E-state index in [1.54, 1.807) is 0 Å². The van der Waals surface area contributed by atoms with E-state index in [4.69, 9.17) is 4.74 Å². The third kappa shape index (κ3) is 2.88. The summed E-state index contributed by atoms with van der Waals surface area (Å²) in [6.45, 7) is 0. The Kier molecular flexibility index (Phi) is 3.64. The molecule has 0 aliphatic carbocycles. The second kappa shape index (κ2) is 5.94. The van der Waals surface area contributed by atoms with E-state index in [1.165, 1.54) is 11.1 Å². The zero-order chi connectivity index (χ0) is 15.6. The molecule has 0 fully saturated rings. The standard InChI is InChI=1S/C20H14BrNO/c21-16-8-11-19-18(12-16)20(13-22-19)23-17-9-6-15(7-10-17)14-4-2-1-3-5-14/h1-13,22H. The molecule has 0 saturated carbocycles. The first kappa shape index (κ1) is 14.1. The number of aromatic nitrogens is 1. The van der Waals surface area contributed by atoms with Gasteiger partial charge in [0.1, 0.15) is 5.75 Å². The Labute approximate surface area is 142 Å². The second-order valence-electron chi connectivity index (χ2n) is 5.34. The van der Waals surface area contributed by atoms with Gasteiger partial charge in [0.05, 0.1) is 0 Å². The summed E-state index contributed by atoms with van der Waals surface area (Å²) in [4.78, 5) is 3.23. The van der Waals surface area contributed by atoms with Crippen LogP contribution in [-0.4, -0.2) is 4.98 Å². The fraction of sp³-hybridized carbons (Fsp3) is 0. The molecule has 112 valence electrons. The monoisotopic (exact) mass is 363 g/mol. The van der Waals surface area contributed by atoms with Crippen molar-refractivity contribution in [1.29, 1.82) is 0 Å². The molecule has 4 aromatic rings. The molecule has 1 aromatic heterocycles. The Balaban J connectivity index is 1.62. The summed E-state index contributed by atoms with van der Waals surface area (Å²) < 4.78 is 7.06. The molecule has 4 rings (SSSR count). The Morgan fingerprint density at radius 1 is 0.783 bits per heavy atom. The number of ether oxygens (including phenoxy) is 1. The van der Waals surface area contributed by atoms with Crippen LogP contribution in [0.25, 0.3) is 22.0 Å². The van der Waals surface area contributed by atoms with E-state index in [2.05, 4.69) is 51.2 Å². The second-order valence-corrected chi connectivity index (χ2v) is 6.25. The predicted molar refractivity (Wildman–Crippen MR) is 98.0 cm³/mol. The average Bonchev–Trinajstić information content (AvgIpc) is 2.98. The molecule has 1 heterocycles. The topological polar surface area (TPSA) is 25.0 Å². The van der Waals surface area contributed by atoms with Gasteiger partial charge in [0.25, 0.3) is 0 Å². The molecule has 1 N–H and O–H groups in total. The zero-order valence-corrected chi connectivity index (χ0v) is 13.9. The molecule has 0 atom stereocenters. The van der Waals surface area contributed by atoms with Crippen molar-refractivity contribution in [2.75, 3.05) is 0 Å². The molecule has 0 saturated heterocycles. The van der Waals surface area contributed by atoms with Gasteiger partial charge >= 0.3 is 0 Å². The summed E-state index contributed by atoms with van der Waals surface area (Å²) in [6, 6.07) is 24.6. The van der Waals surface area contributed by atoms with Crippen LogP contribution in [0.2, 0.25) is 0 Å². The highest BCUT2D eigenvalue weighted by Crippen LogP contribution is 2.32. The van der Waals surface area contributed by atoms with Crippen LogP contribution in [0.15, 0.2) is 83.5 Å². The number of rotatable bonds is 3. The summed E-state index contributed by atoms with van der Waals surface area (Å²) in [7, 11) is 0. The largest absolute Gasteiger partial charge is 0.455 e. The van der Waals surface area contributed by atoms with E-state index in [9.17, 15) is 0 Å². The van der Waals surface area contributed by atoms with Gasteiger partial charge in [-0.3, -0.25) is 0 Å². The van der Waals surface area contributed by atoms with E-state index in [1.807, 2.05) is 48.7 Å². The number of H-pyrrole nitrogens is 1. The molecule has 0 unspecified atom stereocenters. The maximum absolute atomic E-state index is 6.03. The van der Waals surface area contributed by atoms with Crippen molar-refractivity contribution in [2.45, 2.75) is 0 Å². The van der Waals surface area contributed by atoms with Gasteiger partial charge in [0.15, 0.2) is 5.75 Å². The number of halogens is 1. The summed E-state index contributed by atoms with van der Waals surface area (Å²) in [5.74, 6) is 1.65. The highest BCUT2D eigenvalue weighted by atomic mass is 79.9. The first-order chi connectivity index (χ1) is 11.3. The van der Waals surface area contributed by atoms with Crippen molar-refractivity contribution in [3.05, 3.63) is 83.5 Å². The first-order valence-electron chi connectivity index (χ1n) is 7.39. The maximum Gasteiger partial charge on any atom is 0.152 e. The van der Waals surface area contributed by atoms with Crippen molar-refractivity contribution in [3.63, 3.8) is 0 Å². The van der Waals surface area contributed by atoms with Crippen LogP contribution in [0.5, 0.6) is 11.5 Å². The van der Waals surface area contributed by atoms with Crippen LogP contribution < -0.4 is 4.74 Å². The lowest BCUT2D eigenvalue weighted by molar-refractivity contribution is 0.488. The molecule has 3 aromatic carbocycles. The third-order valence-corrected chi connectivity index (χ3v) is 4.29. The van der Waals surface area contributed by atoms with Gasteiger partial charge in [-0.15, -0.1) is 0 Å². The molecule has 2 nitrogen and oxygen atoms in total. The van der Waals surface area contributed by atoms with Gasteiger partial charge in [-0.1, -0.05) is 58.4 Å².